The molecule has 0 fully saturated rings. The molecule has 0 amide bonds. The van der Waals surface area contributed by atoms with E-state index in [0.717, 1.165) is 19.8 Å². The molecule has 74 valence electrons. The zero-order valence-electron chi connectivity index (χ0n) is 8.59. The largest absolute Gasteiger partial charge is 0.384 e. The van der Waals surface area contributed by atoms with Gasteiger partial charge in [-0.3, -0.25) is 0 Å². The molecule has 0 aromatic rings. The fourth-order valence-electron chi connectivity index (χ4n) is 0.997. The Labute approximate surface area is 75.4 Å². The minimum absolute atomic E-state index is 0.486. The van der Waals surface area contributed by atoms with E-state index in [-0.39, 0.29) is 0 Å². The molecule has 0 radical (unpaired) electrons. The maximum absolute atomic E-state index is 5.06. The van der Waals surface area contributed by atoms with Gasteiger partial charge in [0.25, 0.3) is 0 Å². The Morgan fingerprint density at radius 2 is 1.83 bits per heavy atom. The van der Waals surface area contributed by atoms with Gasteiger partial charge in [0.15, 0.2) is 0 Å². The van der Waals surface area contributed by atoms with E-state index in [1.807, 2.05) is 0 Å². The molecule has 12 heavy (non-hydrogen) atoms. The van der Waals surface area contributed by atoms with Crippen molar-refractivity contribution in [2.45, 2.75) is 19.9 Å². The van der Waals surface area contributed by atoms with E-state index in [4.69, 9.17) is 9.47 Å². The zero-order valence-corrected chi connectivity index (χ0v) is 8.59. The van der Waals surface area contributed by atoms with E-state index in [9.17, 15) is 0 Å². The molecular formula is C9H21NO2. The summed E-state index contributed by atoms with van der Waals surface area (Å²) in [6, 6.07) is 0.486. The van der Waals surface area contributed by atoms with E-state index in [1.54, 1.807) is 14.2 Å². The molecule has 2 atom stereocenters. The molecule has 0 saturated carbocycles. The van der Waals surface area contributed by atoms with E-state index in [2.05, 4.69) is 19.2 Å². The highest BCUT2D eigenvalue weighted by atomic mass is 16.5. The van der Waals surface area contributed by atoms with Crippen LogP contribution in [0.1, 0.15) is 13.8 Å². The highest BCUT2D eigenvalue weighted by Gasteiger charge is 2.09. The van der Waals surface area contributed by atoms with Gasteiger partial charge in [0, 0.05) is 26.8 Å². The fraction of sp³-hybridized carbons (Fsp3) is 1.00. The summed E-state index contributed by atoms with van der Waals surface area (Å²) in [6.45, 7) is 6.82. The molecule has 3 heteroatoms. The molecule has 3 nitrogen and oxygen atoms in total. The third-order valence-corrected chi connectivity index (χ3v) is 2.06. The Hall–Kier alpha value is -0.120. The summed E-state index contributed by atoms with van der Waals surface area (Å²) in [7, 11) is 3.45. The molecule has 0 aliphatic rings. The molecule has 0 saturated heterocycles. The minimum atomic E-state index is 0.486. The lowest BCUT2D eigenvalue weighted by molar-refractivity contribution is 0.137. The average Bonchev–Trinajstić information content (AvgIpc) is 2.05. The van der Waals surface area contributed by atoms with Crippen LogP contribution in [0.2, 0.25) is 0 Å². The maximum atomic E-state index is 5.06. The van der Waals surface area contributed by atoms with Gasteiger partial charge in [-0.25, -0.2) is 0 Å². The second-order valence-electron chi connectivity index (χ2n) is 3.17. The van der Waals surface area contributed by atoms with Gasteiger partial charge in [-0.05, 0) is 12.8 Å². The first-order valence-electron chi connectivity index (χ1n) is 4.43. The number of hydrogen-bond acceptors (Lipinski definition) is 3. The fourth-order valence-corrected chi connectivity index (χ4v) is 0.997. The van der Waals surface area contributed by atoms with Crippen LogP contribution in [0.3, 0.4) is 0 Å². The van der Waals surface area contributed by atoms with Gasteiger partial charge in [-0.2, -0.15) is 0 Å². The summed E-state index contributed by atoms with van der Waals surface area (Å²) in [5.41, 5.74) is 0. The van der Waals surface area contributed by atoms with Crippen molar-refractivity contribution in [1.29, 1.82) is 0 Å². The van der Waals surface area contributed by atoms with Gasteiger partial charge in [0.05, 0.1) is 13.2 Å². The van der Waals surface area contributed by atoms with Gasteiger partial charge in [-0.15, -0.1) is 0 Å². The monoisotopic (exact) mass is 175 g/mol. The molecule has 0 aliphatic heterocycles. The third kappa shape index (κ3) is 5.52. The third-order valence-electron chi connectivity index (χ3n) is 2.06. The summed E-state index contributed by atoms with van der Waals surface area (Å²) in [5, 5.41) is 3.36. The molecule has 0 heterocycles. The Morgan fingerprint density at radius 3 is 2.33 bits per heavy atom. The van der Waals surface area contributed by atoms with Crippen LogP contribution < -0.4 is 5.32 Å². The highest BCUT2D eigenvalue weighted by Crippen LogP contribution is 2.01. The molecular weight excluding hydrogens is 154 g/mol. The van der Waals surface area contributed by atoms with Crippen molar-refractivity contribution in [3.05, 3.63) is 0 Å². The summed E-state index contributed by atoms with van der Waals surface area (Å²) in [4.78, 5) is 0. The first-order chi connectivity index (χ1) is 5.72. The first kappa shape index (κ1) is 11.9. The predicted molar refractivity (Wildman–Crippen MR) is 50.4 cm³/mol. The van der Waals surface area contributed by atoms with Crippen LogP contribution in [0.5, 0.6) is 0 Å². The number of nitrogens with one attached hydrogen (secondary N) is 1. The lowest BCUT2D eigenvalue weighted by Crippen LogP contribution is -2.36. The Morgan fingerprint density at radius 1 is 1.17 bits per heavy atom. The second kappa shape index (κ2) is 7.53. The van der Waals surface area contributed by atoms with Crippen molar-refractivity contribution < 1.29 is 9.47 Å². The Balaban J connectivity index is 3.35. The van der Waals surface area contributed by atoms with E-state index < -0.39 is 0 Å². The molecule has 0 spiro atoms. The van der Waals surface area contributed by atoms with Crippen molar-refractivity contribution in [3.8, 4) is 0 Å². The number of ether oxygens (including phenoxy) is 2. The van der Waals surface area contributed by atoms with Crippen LogP contribution in [0.25, 0.3) is 0 Å². The average molecular weight is 175 g/mol. The van der Waals surface area contributed by atoms with Crippen molar-refractivity contribution in [2.24, 2.45) is 5.92 Å². The van der Waals surface area contributed by atoms with Crippen molar-refractivity contribution in [3.63, 3.8) is 0 Å². The number of hydrogen-bond donors (Lipinski definition) is 1. The Bertz CT molecular complexity index is 98.5. The molecule has 0 aliphatic carbocycles. The summed E-state index contributed by atoms with van der Waals surface area (Å²) in [6.07, 6.45) is 0. The van der Waals surface area contributed by atoms with Crippen molar-refractivity contribution >= 4 is 0 Å². The molecule has 0 bridgehead atoms. The topological polar surface area (TPSA) is 30.5 Å². The van der Waals surface area contributed by atoms with Crippen LogP contribution in [0, 0.1) is 5.92 Å². The normalized spacial score (nSPS) is 16.0. The van der Waals surface area contributed by atoms with E-state index in [0.29, 0.717) is 12.0 Å². The number of methoxy groups -OCH3 is 2. The van der Waals surface area contributed by atoms with Gasteiger partial charge < -0.3 is 14.8 Å². The van der Waals surface area contributed by atoms with Gasteiger partial charge >= 0.3 is 0 Å². The van der Waals surface area contributed by atoms with E-state index in [1.165, 1.54) is 0 Å². The first-order valence-corrected chi connectivity index (χ1v) is 4.43. The standard InChI is InChI=1S/C9H21NO2/c1-8(7-12-4)9(2)10-5-6-11-3/h8-10H,5-7H2,1-4H3. The SMILES string of the molecule is COCCNC(C)C(C)COC. The quantitative estimate of drug-likeness (QED) is 0.583. The molecule has 2 unspecified atom stereocenters. The predicted octanol–water partition coefficient (Wildman–Crippen LogP) is 0.893. The molecule has 0 rings (SSSR count). The molecule has 1 N–H and O–H groups in total. The van der Waals surface area contributed by atoms with Crippen molar-refractivity contribution in [2.75, 3.05) is 34.0 Å². The summed E-state index contributed by atoms with van der Waals surface area (Å²) in [5.74, 6) is 0.548. The van der Waals surface area contributed by atoms with Gasteiger partial charge in [0.1, 0.15) is 0 Å². The van der Waals surface area contributed by atoms with Crippen molar-refractivity contribution in [1.82, 2.24) is 5.32 Å². The second-order valence-corrected chi connectivity index (χ2v) is 3.17. The van der Waals surface area contributed by atoms with Crippen LogP contribution in [0.4, 0.5) is 0 Å². The lowest BCUT2D eigenvalue weighted by atomic mass is 10.1. The molecule has 0 aromatic heterocycles. The maximum Gasteiger partial charge on any atom is 0.0587 e. The van der Waals surface area contributed by atoms with E-state index >= 15 is 0 Å². The highest BCUT2D eigenvalue weighted by molar-refractivity contribution is 4.67. The Kier molecular flexibility index (Phi) is 7.45. The van der Waals surface area contributed by atoms with Gasteiger partial charge in [-0.1, -0.05) is 6.92 Å². The zero-order chi connectivity index (χ0) is 9.40. The lowest BCUT2D eigenvalue weighted by Gasteiger charge is -2.20. The smallest absolute Gasteiger partial charge is 0.0587 e. The van der Waals surface area contributed by atoms with Crippen LogP contribution in [0.15, 0.2) is 0 Å². The number of rotatable bonds is 7. The van der Waals surface area contributed by atoms with Crippen LogP contribution >= 0.6 is 0 Å². The van der Waals surface area contributed by atoms with Crippen LogP contribution in [-0.2, 0) is 9.47 Å². The van der Waals surface area contributed by atoms with Crippen LogP contribution in [-0.4, -0.2) is 40.0 Å². The van der Waals surface area contributed by atoms with Gasteiger partial charge in [0.2, 0.25) is 0 Å². The summed E-state index contributed by atoms with van der Waals surface area (Å²) < 4.78 is 10.00. The molecule has 0 aromatic carbocycles. The minimum Gasteiger partial charge on any atom is -0.384 e. The summed E-state index contributed by atoms with van der Waals surface area (Å²) >= 11 is 0.